The Kier molecular flexibility index (Phi) is 4.14. The van der Waals surface area contributed by atoms with Crippen molar-refractivity contribution >= 4 is 23.5 Å². The van der Waals surface area contributed by atoms with Gasteiger partial charge in [-0.05, 0) is 44.0 Å². The maximum Gasteiger partial charge on any atom is 0.322 e. The van der Waals surface area contributed by atoms with Crippen LogP contribution in [0, 0.1) is 5.82 Å². The van der Waals surface area contributed by atoms with Gasteiger partial charge in [0.2, 0.25) is 0 Å². The van der Waals surface area contributed by atoms with Crippen LogP contribution >= 0.6 is 0 Å². The van der Waals surface area contributed by atoms with Crippen molar-refractivity contribution in [3.63, 3.8) is 0 Å². The number of nitrogens with one attached hydrogen (secondary N) is 2. The minimum Gasteiger partial charge on any atom is -0.315 e. The highest BCUT2D eigenvalue weighted by atomic mass is 19.1. The molecular weight excluding hydrogens is 349 g/mol. The molecule has 0 saturated heterocycles. The van der Waals surface area contributed by atoms with Crippen molar-refractivity contribution in [2.45, 2.75) is 31.8 Å². The second-order valence-corrected chi connectivity index (χ2v) is 6.81. The third-order valence-corrected chi connectivity index (χ3v) is 4.93. The highest BCUT2D eigenvalue weighted by Crippen LogP contribution is 2.35. The van der Waals surface area contributed by atoms with E-state index < -0.39 is 17.9 Å². The summed E-state index contributed by atoms with van der Waals surface area (Å²) in [5, 5.41) is 4.99. The number of halogens is 1. The van der Waals surface area contributed by atoms with Crippen LogP contribution in [0.25, 0.3) is 0 Å². The number of benzene rings is 2. The number of hydrogen-bond acceptors (Lipinski definition) is 3. The number of amides is 4. The Balaban J connectivity index is 1.57. The fraction of sp³-hybridized carbons (Fsp3) is 0.250. The summed E-state index contributed by atoms with van der Waals surface area (Å²) in [4.78, 5) is 38.0. The predicted molar refractivity (Wildman–Crippen MR) is 96.9 cm³/mol. The van der Waals surface area contributed by atoms with Crippen molar-refractivity contribution in [3.8, 4) is 0 Å². The van der Waals surface area contributed by atoms with E-state index in [1.165, 1.54) is 18.2 Å². The summed E-state index contributed by atoms with van der Waals surface area (Å²) < 4.78 is 14.2. The molecule has 27 heavy (non-hydrogen) atoms. The molecule has 0 unspecified atom stereocenters. The van der Waals surface area contributed by atoms with Gasteiger partial charge in [-0.2, -0.15) is 0 Å². The molecule has 2 aliphatic rings. The summed E-state index contributed by atoms with van der Waals surface area (Å²) in [5.41, 5.74) is 1.39. The molecule has 0 spiro atoms. The lowest BCUT2D eigenvalue weighted by molar-refractivity contribution is 0.0879. The number of nitrogens with zero attached hydrogens (tertiary/aromatic N) is 1. The van der Waals surface area contributed by atoms with Gasteiger partial charge in [0.1, 0.15) is 5.82 Å². The first-order valence-electron chi connectivity index (χ1n) is 8.79. The van der Waals surface area contributed by atoms with E-state index in [2.05, 4.69) is 10.6 Å². The van der Waals surface area contributed by atoms with Crippen LogP contribution in [0.4, 0.5) is 14.9 Å². The van der Waals surface area contributed by atoms with Gasteiger partial charge in [-0.1, -0.05) is 18.2 Å². The van der Waals surface area contributed by atoms with Gasteiger partial charge >= 0.3 is 6.03 Å². The lowest BCUT2D eigenvalue weighted by Crippen LogP contribution is -2.39. The van der Waals surface area contributed by atoms with Gasteiger partial charge in [0.15, 0.2) is 0 Å². The fourth-order valence-electron chi connectivity index (χ4n) is 3.41. The molecule has 138 valence electrons. The second kappa shape index (κ2) is 6.50. The number of urea groups is 1. The molecule has 7 heteroatoms. The molecule has 1 atom stereocenters. The van der Waals surface area contributed by atoms with Gasteiger partial charge in [-0.3, -0.25) is 14.9 Å². The average molecular weight is 367 g/mol. The van der Waals surface area contributed by atoms with E-state index in [0.29, 0.717) is 11.3 Å². The van der Waals surface area contributed by atoms with Gasteiger partial charge in [0, 0.05) is 17.3 Å². The Bertz CT molecular complexity index is 955. The Morgan fingerprint density at radius 3 is 2.56 bits per heavy atom. The number of carbonyl (C=O) groups is 3. The molecule has 1 heterocycles. The van der Waals surface area contributed by atoms with E-state index in [1.54, 1.807) is 36.1 Å². The lowest BCUT2D eigenvalue weighted by Gasteiger charge is -2.30. The van der Waals surface area contributed by atoms with Gasteiger partial charge in [0.25, 0.3) is 11.8 Å². The third kappa shape index (κ3) is 3.16. The second-order valence-electron chi connectivity index (χ2n) is 6.81. The summed E-state index contributed by atoms with van der Waals surface area (Å²) in [6.07, 6.45) is 1.74. The smallest absolute Gasteiger partial charge is 0.315 e. The fourth-order valence-corrected chi connectivity index (χ4v) is 3.41. The first-order valence-corrected chi connectivity index (χ1v) is 8.79. The highest BCUT2D eigenvalue weighted by molar-refractivity contribution is 6.22. The van der Waals surface area contributed by atoms with Crippen LogP contribution in [-0.2, 0) is 0 Å². The van der Waals surface area contributed by atoms with Crippen LogP contribution in [-0.4, -0.2) is 28.8 Å². The van der Waals surface area contributed by atoms with E-state index in [0.717, 1.165) is 12.8 Å². The molecule has 4 rings (SSSR count). The maximum atomic E-state index is 14.2. The van der Waals surface area contributed by atoms with Crippen LogP contribution in [0.1, 0.15) is 52.1 Å². The largest absolute Gasteiger partial charge is 0.322 e. The molecule has 1 saturated carbocycles. The summed E-state index contributed by atoms with van der Waals surface area (Å²) >= 11 is 0. The molecule has 0 aromatic heterocycles. The number of anilines is 1. The van der Waals surface area contributed by atoms with Crippen LogP contribution in [0.3, 0.4) is 0 Å². The Morgan fingerprint density at radius 1 is 1.15 bits per heavy atom. The normalized spacial score (nSPS) is 16.5. The maximum absolute atomic E-state index is 14.2. The van der Waals surface area contributed by atoms with Gasteiger partial charge < -0.3 is 10.2 Å². The minimum atomic E-state index is -0.482. The van der Waals surface area contributed by atoms with E-state index in [1.807, 2.05) is 0 Å². The van der Waals surface area contributed by atoms with Crippen molar-refractivity contribution in [1.29, 1.82) is 0 Å². The molecule has 1 aliphatic carbocycles. The van der Waals surface area contributed by atoms with E-state index >= 15 is 0 Å². The van der Waals surface area contributed by atoms with Crippen molar-refractivity contribution < 1.29 is 18.8 Å². The van der Waals surface area contributed by atoms with E-state index in [-0.39, 0.29) is 29.0 Å². The first kappa shape index (κ1) is 17.2. The standard InChI is InChI=1S/C20H18FN3O3/c1-11(14-4-2-3-5-17(14)21)24(13-7-8-13)20(27)22-12-6-9-15-16(10-12)19(26)23-18(15)25/h2-6,9-11,13H,7-8H2,1H3,(H,22,27)(H,23,25,26)/t11-/m0/s1. The van der Waals surface area contributed by atoms with Crippen molar-refractivity contribution in [2.24, 2.45) is 0 Å². The van der Waals surface area contributed by atoms with Crippen molar-refractivity contribution in [1.82, 2.24) is 10.2 Å². The average Bonchev–Trinajstić information content (AvgIpc) is 3.42. The van der Waals surface area contributed by atoms with Gasteiger partial charge in [-0.25, -0.2) is 9.18 Å². The molecular formula is C20H18FN3O3. The Hall–Kier alpha value is -3.22. The molecule has 6 nitrogen and oxygen atoms in total. The summed E-state index contributed by atoms with van der Waals surface area (Å²) in [5.74, 6) is -1.28. The van der Waals surface area contributed by atoms with Crippen LogP contribution < -0.4 is 10.6 Å². The number of rotatable bonds is 4. The zero-order valence-corrected chi connectivity index (χ0v) is 14.7. The summed E-state index contributed by atoms with van der Waals surface area (Å²) in [6.45, 7) is 1.80. The van der Waals surface area contributed by atoms with Crippen LogP contribution in [0.2, 0.25) is 0 Å². The Morgan fingerprint density at radius 2 is 1.85 bits per heavy atom. The molecule has 4 amide bonds. The minimum absolute atomic E-state index is 0.0545. The number of carbonyl (C=O) groups excluding carboxylic acids is 3. The van der Waals surface area contributed by atoms with Gasteiger partial charge in [0.05, 0.1) is 17.2 Å². The number of fused-ring (bicyclic) bond motifs is 1. The Labute approximate surface area is 155 Å². The molecule has 2 aromatic rings. The third-order valence-electron chi connectivity index (χ3n) is 4.93. The molecule has 2 N–H and O–H groups in total. The monoisotopic (exact) mass is 367 g/mol. The van der Waals surface area contributed by atoms with Crippen LogP contribution in [0.5, 0.6) is 0 Å². The lowest BCUT2D eigenvalue weighted by atomic mass is 10.1. The van der Waals surface area contributed by atoms with Gasteiger partial charge in [-0.15, -0.1) is 0 Å². The number of imide groups is 1. The molecule has 2 aromatic carbocycles. The predicted octanol–water partition coefficient (Wildman–Crippen LogP) is 3.47. The molecule has 1 fully saturated rings. The van der Waals surface area contributed by atoms with Crippen LogP contribution in [0.15, 0.2) is 42.5 Å². The van der Waals surface area contributed by atoms with Crippen molar-refractivity contribution in [2.75, 3.05) is 5.32 Å². The number of hydrogen-bond donors (Lipinski definition) is 2. The molecule has 1 aliphatic heterocycles. The highest BCUT2D eigenvalue weighted by Gasteiger charge is 2.37. The van der Waals surface area contributed by atoms with E-state index in [9.17, 15) is 18.8 Å². The molecule has 0 bridgehead atoms. The quantitative estimate of drug-likeness (QED) is 0.812. The zero-order valence-electron chi connectivity index (χ0n) is 14.7. The SMILES string of the molecule is C[C@@H](c1ccccc1F)N(C(=O)Nc1ccc2c(c1)C(=O)NC2=O)C1CC1. The first-order chi connectivity index (χ1) is 13.0. The zero-order chi connectivity index (χ0) is 19.1. The topological polar surface area (TPSA) is 78.5 Å². The summed E-state index contributed by atoms with van der Waals surface area (Å²) in [7, 11) is 0. The summed E-state index contributed by atoms with van der Waals surface area (Å²) in [6, 6.07) is 10.2. The molecule has 0 radical (unpaired) electrons. The van der Waals surface area contributed by atoms with Crippen molar-refractivity contribution in [3.05, 3.63) is 65.0 Å². The van der Waals surface area contributed by atoms with E-state index in [4.69, 9.17) is 0 Å².